The predicted octanol–water partition coefficient (Wildman–Crippen LogP) is 5.85. The summed E-state index contributed by atoms with van der Waals surface area (Å²) in [6.45, 7) is 5.00. The highest BCUT2D eigenvalue weighted by Gasteiger charge is 2.36. The van der Waals surface area contributed by atoms with Gasteiger partial charge in [0.15, 0.2) is 10.7 Å². The summed E-state index contributed by atoms with van der Waals surface area (Å²) < 4.78 is 8.07. The Labute approximate surface area is 194 Å². The van der Waals surface area contributed by atoms with Crippen LogP contribution in [-0.4, -0.2) is 48.6 Å². The zero-order valence-electron chi connectivity index (χ0n) is 17.5. The van der Waals surface area contributed by atoms with Gasteiger partial charge in [0.1, 0.15) is 5.75 Å². The molecule has 30 heavy (non-hydrogen) atoms. The van der Waals surface area contributed by atoms with E-state index in [0.29, 0.717) is 22.4 Å². The van der Waals surface area contributed by atoms with Crippen LogP contribution in [0.3, 0.4) is 0 Å². The topological polar surface area (TPSA) is 45.7 Å². The number of thiazole rings is 1. The molecule has 0 radical (unpaired) electrons. The van der Waals surface area contributed by atoms with Gasteiger partial charge in [-0.05, 0) is 83.4 Å². The van der Waals surface area contributed by atoms with E-state index in [1.807, 2.05) is 32.3 Å². The van der Waals surface area contributed by atoms with Crippen molar-refractivity contribution in [1.29, 1.82) is 0 Å². The zero-order chi connectivity index (χ0) is 21.9. The fourth-order valence-electron chi connectivity index (χ4n) is 3.00. The fraction of sp³-hybridized carbons (Fsp3) is 0.364. The monoisotopic (exact) mass is 509 g/mol. The standard InChI is InChI=1S/C22H25BrClN3O2S/c1-22(2,29-17-9-7-16(24)8-10-17)20(28)27(13-5-12-26(3)4)21-25-18-11-6-15(23)14-19(18)30-21/h6-11,14H,5,12-13H2,1-4H3. The van der Waals surface area contributed by atoms with Crippen molar-refractivity contribution in [2.24, 2.45) is 0 Å². The van der Waals surface area contributed by atoms with E-state index in [1.165, 1.54) is 11.3 Å². The summed E-state index contributed by atoms with van der Waals surface area (Å²) in [6, 6.07) is 13.0. The maximum Gasteiger partial charge on any atom is 0.272 e. The van der Waals surface area contributed by atoms with E-state index >= 15 is 0 Å². The first-order valence-electron chi connectivity index (χ1n) is 9.63. The van der Waals surface area contributed by atoms with E-state index in [0.717, 1.165) is 27.7 Å². The zero-order valence-corrected chi connectivity index (χ0v) is 20.6. The molecule has 0 aliphatic rings. The molecule has 1 heterocycles. The number of aromatic nitrogens is 1. The highest BCUT2D eigenvalue weighted by atomic mass is 79.9. The van der Waals surface area contributed by atoms with Crippen LogP contribution in [0.5, 0.6) is 5.75 Å². The molecule has 0 unspecified atom stereocenters. The number of halogens is 2. The lowest BCUT2D eigenvalue weighted by atomic mass is 10.1. The minimum Gasteiger partial charge on any atom is -0.478 e. The molecule has 3 aromatic rings. The first-order chi connectivity index (χ1) is 14.2. The number of hydrogen-bond donors (Lipinski definition) is 0. The Kier molecular flexibility index (Phi) is 7.39. The van der Waals surface area contributed by atoms with Crippen molar-refractivity contribution in [3.8, 4) is 5.75 Å². The van der Waals surface area contributed by atoms with Crippen molar-refractivity contribution in [2.75, 3.05) is 32.1 Å². The van der Waals surface area contributed by atoms with E-state index < -0.39 is 5.60 Å². The SMILES string of the molecule is CN(C)CCCN(C(=O)C(C)(C)Oc1ccc(Cl)cc1)c1nc2ccc(Br)cc2s1. The lowest BCUT2D eigenvalue weighted by Gasteiger charge is -2.31. The van der Waals surface area contributed by atoms with Crippen LogP contribution in [0.25, 0.3) is 10.2 Å². The molecule has 0 saturated heterocycles. The minimum absolute atomic E-state index is 0.130. The Morgan fingerprint density at radius 2 is 1.87 bits per heavy atom. The van der Waals surface area contributed by atoms with Gasteiger partial charge in [0, 0.05) is 16.0 Å². The first-order valence-corrected chi connectivity index (χ1v) is 11.6. The Balaban J connectivity index is 1.88. The van der Waals surface area contributed by atoms with E-state index in [1.54, 1.807) is 43.0 Å². The number of carbonyl (C=O) groups excluding carboxylic acids is 1. The van der Waals surface area contributed by atoms with E-state index in [2.05, 4.69) is 20.8 Å². The molecule has 1 aromatic heterocycles. The van der Waals surface area contributed by atoms with Gasteiger partial charge in [0.25, 0.3) is 5.91 Å². The van der Waals surface area contributed by atoms with Crippen LogP contribution in [0.2, 0.25) is 5.02 Å². The van der Waals surface area contributed by atoms with Gasteiger partial charge in [-0.1, -0.05) is 38.9 Å². The lowest BCUT2D eigenvalue weighted by molar-refractivity contribution is -0.131. The summed E-state index contributed by atoms with van der Waals surface area (Å²) in [5.74, 6) is 0.466. The molecule has 5 nitrogen and oxygen atoms in total. The van der Waals surface area contributed by atoms with E-state index in [-0.39, 0.29) is 5.91 Å². The number of fused-ring (bicyclic) bond motifs is 1. The Bertz CT molecular complexity index is 1020. The molecule has 0 aliphatic heterocycles. The second-order valence-electron chi connectivity index (χ2n) is 7.79. The van der Waals surface area contributed by atoms with Crippen molar-refractivity contribution < 1.29 is 9.53 Å². The molecule has 0 aliphatic carbocycles. The maximum absolute atomic E-state index is 13.6. The molecule has 0 N–H and O–H groups in total. The van der Waals surface area contributed by atoms with E-state index in [9.17, 15) is 4.79 Å². The first kappa shape index (κ1) is 23.0. The lowest BCUT2D eigenvalue weighted by Crippen LogP contribution is -2.49. The molecule has 0 fully saturated rings. The van der Waals surface area contributed by atoms with Crippen LogP contribution in [0.15, 0.2) is 46.9 Å². The van der Waals surface area contributed by atoms with Gasteiger partial charge in [-0.3, -0.25) is 9.69 Å². The third-order valence-corrected chi connectivity index (χ3v) is 6.29. The number of ether oxygens (including phenoxy) is 1. The molecule has 2 aromatic carbocycles. The van der Waals surface area contributed by atoms with Gasteiger partial charge in [0.05, 0.1) is 10.2 Å². The number of carbonyl (C=O) groups is 1. The Hall–Kier alpha value is -1.67. The van der Waals surface area contributed by atoms with Crippen LogP contribution in [0, 0.1) is 0 Å². The van der Waals surface area contributed by atoms with Crippen molar-refractivity contribution >= 4 is 60.1 Å². The van der Waals surface area contributed by atoms with Crippen LogP contribution in [-0.2, 0) is 4.79 Å². The van der Waals surface area contributed by atoms with Crippen molar-refractivity contribution in [1.82, 2.24) is 9.88 Å². The van der Waals surface area contributed by atoms with Crippen molar-refractivity contribution in [3.05, 3.63) is 52.0 Å². The van der Waals surface area contributed by atoms with Crippen LogP contribution in [0.4, 0.5) is 5.13 Å². The van der Waals surface area contributed by atoms with E-state index in [4.69, 9.17) is 21.3 Å². The Morgan fingerprint density at radius 1 is 1.17 bits per heavy atom. The molecule has 1 amide bonds. The van der Waals surface area contributed by atoms with Gasteiger partial charge in [0.2, 0.25) is 0 Å². The summed E-state index contributed by atoms with van der Waals surface area (Å²) in [4.78, 5) is 22.1. The van der Waals surface area contributed by atoms with Gasteiger partial charge < -0.3 is 9.64 Å². The number of rotatable bonds is 8. The summed E-state index contributed by atoms with van der Waals surface area (Å²) in [6.07, 6.45) is 0.829. The van der Waals surface area contributed by atoms with Gasteiger partial charge >= 0.3 is 0 Å². The summed E-state index contributed by atoms with van der Waals surface area (Å²) >= 11 is 11.0. The molecular formula is C22H25BrClN3O2S. The molecule has 0 atom stereocenters. The number of anilines is 1. The van der Waals surface area contributed by atoms with Gasteiger partial charge in [-0.2, -0.15) is 0 Å². The molecule has 0 spiro atoms. The second kappa shape index (κ2) is 9.64. The third-order valence-electron chi connectivity index (χ3n) is 4.50. The van der Waals surface area contributed by atoms with Crippen LogP contribution in [0.1, 0.15) is 20.3 Å². The normalized spacial score (nSPS) is 11.8. The summed E-state index contributed by atoms with van der Waals surface area (Å²) in [5.41, 5.74) is -0.190. The van der Waals surface area contributed by atoms with Crippen molar-refractivity contribution in [3.63, 3.8) is 0 Å². The van der Waals surface area contributed by atoms with Gasteiger partial charge in [-0.25, -0.2) is 4.98 Å². The molecule has 8 heteroatoms. The molecule has 0 saturated carbocycles. The highest BCUT2D eigenvalue weighted by Crippen LogP contribution is 2.33. The number of hydrogen-bond acceptors (Lipinski definition) is 5. The summed E-state index contributed by atoms with van der Waals surface area (Å²) in [5, 5.41) is 1.30. The molecule has 0 bridgehead atoms. The minimum atomic E-state index is -1.07. The summed E-state index contributed by atoms with van der Waals surface area (Å²) in [7, 11) is 4.05. The predicted molar refractivity (Wildman–Crippen MR) is 129 cm³/mol. The highest BCUT2D eigenvalue weighted by molar-refractivity contribution is 9.10. The average molecular weight is 511 g/mol. The molecular weight excluding hydrogens is 486 g/mol. The fourth-order valence-corrected chi connectivity index (χ4v) is 4.66. The largest absolute Gasteiger partial charge is 0.478 e. The number of amides is 1. The maximum atomic E-state index is 13.6. The second-order valence-corrected chi connectivity index (χ2v) is 10.1. The van der Waals surface area contributed by atoms with Crippen LogP contribution >= 0.6 is 38.9 Å². The third kappa shape index (κ3) is 5.72. The number of nitrogens with zero attached hydrogens (tertiary/aromatic N) is 3. The smallest absolute Gasteiger partial charge is 0.272 e. The molecule has 3 rings (SSSR count). The molecule has 160 valence electrons. The van der Waals surface area contributed by atoms with Crippen molar-refractivity contribution in [2.45, 2.75) is 25.9 Å². The van der Waals surface area contributed by atoms with Gasteiger partial charge in [-0.15, -0.1) is 0 Å². The Morgan fingerprint density at radius 3 is 2.53 bits per heavy atom. The quantitative estimate of drug-likeness (QED) is 0.381. The van der Waals surface area contributed by atoms with Crippen LogP contribution < -0.4 is 9.64 Å². The number of benzene rings is 2. The average Bonchev–Trinajstić information content (AvgIpc) is 3.09.